The van der Waals surface area contributed by atoms with Gasteiger partial charge in [0.05, 0.1) is 13.2 Å². The van der Waals surface area contributed by atoms with Gasteiger partial charge in [-0.05, 0) is 54.8 Å². The third-order valence-corrected chi connectivity index (χ3v) is 5.34. The van der Waals surface area contributed by atoms with Crippen molar-refractivity contribution in [3.05, 3.63) is 65.5 Å². The second-order valence-corrected chi connectivity index (χ2v) is 7.21. The summed E-state index contributed by atoms with van der Waals surface area (Å²) >= 11 is 0. The van der Waals surface area contributed by atoms with Crippen molar-refractivity contribution >= 4 is 17.5 Å². The number of rotatable bonds is 3. The first-order valence-corrected chi connectivity index (χ1v) is 9.68. The van der Waals surface area contributed by atoms with Gasteiger partial charge in [-0.15, -0.1) is 0 Å². The van der Waals surface area contributed by atoms with Gasteiger partial charge in [0.25, 0.3) is 5.91 Å². The molecular weight excluding hydrogens is 359 g/mol. The molecule has 1 atom stereocenters. The Bertz CT molecular complexity index is 851. The molecule has 2 aliphatic heterocycles. The molecule has 2 aliphatic rings. The van der Waals surface area contributed by atoms with Crippen LogP contribution in [0.4, 0.5) is 10.1 Å². The maximum atomic E-state index is 13.1. The van der Waals surface area contributed by atoms with Crippen molar-refractivity contribution < 1.29 is 18.7 Å². The SMILES string of the molecule is O=C(c1ccc(N2CCCCC2=O)cc1)N1CCOC(c2ccc(F)cc2)C1. The zero-order chi connectivity index (χ0) is 19.5. The van der Waals surface area contributed by atoms with E-state index in [1.165, 1.54) is 12.1 Å². The first-order valence-electron chi connectivity index (χ1n) is 9.68. The van der Waals surface area contributed by atoms with Crippen LogP contribution in [0.25, 0.3) is 0 Å². The van der Waals surface area contributed by atoms with Crippen LogP contribution < -0.4 is 4.90 Å². The molecule has 6 heteroatoms. The molecule has 2 aromatic carbocycles. The Labute approximate surface area is 163 Å². The Kier molecular flexibility index (Phi) is 5.39. The lowest BCUT2D eigenvalue weighted by Crippen LogP contribution is -2.42. The van der Waals surface area contributed by atoms with Crippen LogP contribution in [0.5, 0.6) is 0 Å². The molecule has 5 nitrogen and oxygen atoms in total. The van der Waals surface area contributed by atoms with E-state index in [0.29, 0.717) is 31.7 Å². The van der Waals surface area contributed by atoms with Gasteiger partial charge in [-0.25, -0.2) is 4.39 Å². The van der Waals surface area contributed by atoms with Gasteiger partial charge in [-0.2, -0.15) is 0 Å². The molecular formula is C22H23FN2O3. The highest BCUT2D eigenvalue weighted by Crippen LogP contribution is 2.25. The summed E-state index contributed by atoms with van der Waals surface area (Å²) in [6.07, 6.45) is 2.27. The molecule has 0 saturated carbocycles. The number of carbonyl (C=O) groups is 2. The maximum Gasteiger partial charge on any atom is 0.254 e. The Morgan fingerprint density at radius 2 is 1.75 bits per heavy atom. The van der Waals surface area contributed by atoms with E-state index in [0.717, 1.165) is 30.6 Å². The fourth-order valence-corrected chi connectivity index (χ4v) is 3.76. The van der Waals surface area contributed by atoms with Gasteiger partial charge in [-0.1, -0.05) is 12.1 Å². The smallest absolute Gasteiger partial charge is 0.254 e. The number of ether oxygens (including phenoxy) is 1. The number of benzene rings is 2. The molecule has 0 aromatic heterocycles. The number of nitrogens with zero attached hydrogens (tertiary/aromatic N) is 2. The van der Waals surface area contributed by atoms with Crippen molar-refractivity contribution in [2.24, 2.45) is 0 Å². The summed E-state index contributed by atoms with van der Waals surface area (Å²) in [5, 5.41) is 0. The molecule has 0 spiro atoms. The standard InChI is InChI=1S/C22H23FN2O3/c23-18-8-4-16(5-9-18)20-15-24(13-14-28-20)22(27)17-6-10-19(11-7-17)25-12-2-1-3-21(25)26/h4-11,20H,1-3,12-15H2. The number of hydrogen-bond donors (Lipinski definition) is 0. The minimum Gasteiger partial charge on any atom is -0.370 e. The van der Waals surface area contributed by atoms with E-state index in [1.54, 1.807) is 34.1 Å². The third-order valence-electron chi connectivity index (χ3n) is 5.34. The number of piperidine rings is 1. The second-order valence-electron chi connectivity index (χ2n) is 7.21. The minimum absolute atomic E-state index is 0.0630. The van der Waals surface area contributed by atoms with Gasteiger partial charge in [0.15, 0.2) is 0 Å². The molecule has 0 radical (unpaired) electrons. The number of anilines is 1. The molecule has 146 valence electrons. The summed E-state index contributed by atoms with van der Waals surface area (Å²) in [5.41, 5.74) is 2.29. The van der Waals surface area contributed by atoms with Crippen LogP contribution in [0.15, 0.2) is 48.5 Å². The second kappa shape index (κ2) is 8.10. The Balaban J connectivity index is 1.44. The highest BCUT2D eigenvalue weighted by Gasteiger charge is 2.26. The van der Waals surface area contributed by atoms with E-state index in [9.17, 15) is 14.0 Å². The average molecular weight is 382 g/mol. The van der Waals surface area contributed by atoms with Gasteiger partial charge in [-0.3, -0.25) is 9.59 Å². The summed E-state index contributed by atoms with van der Waals surface area (Å²) in [5.74, 6) is -0.215. The van der Waals surface area contributed by atoms with Gasteiger partial charge in [0.2, 0.25) is 5.91 Å². The van der Waals surface area contributed by atoms with E-state index < -0.39 is 0 Å². The molecule has 1 unspecified atom stereocenters. The van der Waals surface area contributed by atoms with E-state index in [4.69, 9.17) is 4.74 Å². The van der Waals surface area contributed by atoms with Gasteiger partial charge < -0.3 is 14.5 Å². The van der Waals surface area contributed by atoms with Crippen LogP contribution in [0.1, 0.15) is 41.3 Å². The van der Waals surface area contributed by atoms with Gasteiger partial charge in [0.1, 0.15) is 11.9 Å². The minimum atomic E-state index is -0.292. The Morgan fingerprint density at radius 3 is 2.46 bits per heavy atom. The van der Waals surface area contributed by atoms with Crippen molar-refractivity contribution in [2.45, 2.75) is 25.4 Å². The summed E-state index contributed by atoms with van der Waals surface area (Å²) in [6.45, 7) is 2.11. The summed E-state index contributed by atoms with van der Waals surface area (Å²) in [7, 11) is 0. The van der Waals surface area contributed by atoms with E-state index in [1.807, 2.05) is 12.1 Å². The van der Waals surface area contributed by atoms with Crippen molar-refractivity contribution in [1.82, 2.24) is 4.90 Å². The zero-order valence-corrected chi connectivity index (χ0v) is 15.6. The quantitative estimate of drug-likeness (QED) is 0.816. The molecule has 4 rings (SSSR count). The number of carbonyl (C=O) groups excluding carboxylic acids is 2. The fraction of sp³-hybridized carbons (Fsp3) is 0.364. The molecule has 2 heterocycles. The van der Waals surface area contributed by atoms with E-state index >= 15 is 0 Å². The van der Waals surface area contributed by atoms with E-state index in [-0.39, 0.29) is 23.7 Å². The molecule has 2 aromatic rings. The molecule has 2 saturated heterocycles. The first-order chi connectivity index (χ1) is 13.6. The van der Waals surface area contributed by atoms with Crippen molar-refractivity contribution in [3.63, 3.8) is 0 Å². The molecule has 0 N–H and O–H groups in total. The normalized spacial score (nSPS) is 20.3. The maximum absolute atomic E-state index is 13.1. The van der Waals surface area contributed by atoms with Crippen LogP contribution in [0.2, 0.25) is 0 Å². The number of morpholine rings is 1. The summed E-state index contributed by atoms with van der Waals surface area (Å²) in [4.78, 5) is 28.5. The van der Waals surface area contributed by atoms with Crippen molar-refractivity contribution in [2.75, 3.05) is 31.1 Å². The summed E-state index contributed by atoms with van der Waals surface area (Å²) in [6, 6.07) is 13.4. The number of halogens is 1. The largest absolute Gasteiger partial charge is 0.370 e. The fourth-order valence-electron chi connectivity index (χ4n) is 3.76. The molecule has 28 heavy (non-hydrogen) atoms. The van der Waals surface area contributed by atoms with Gasteiger partial charge in [0, 0.05) is 30.8 Å². The molecule has 2 fully saturated rings. The van der Waals surface area contributed by atoms with Crippen molar-refractivity contribution in [1.29, 1.82) is 0 Å². The van der Waals surface area contributed by atoms with Crippen LogP contribution in [0, 0.1) is 5.82 Å². The van der Waals surface area contributed by atoms with Crippen LogP contribution in [-0.2, 0) is 9.53 Å². The number of hydrogen-bond acceptors (Lipinski definition) is 3. The average Bonchev–Trinajstić information content (AvgIpc) is 2.74. The van der Waals surface area contributed by atoms with Crippen LogP contribution in [0.3, 0.4) is 0 Å². The Hall–Kier alpha value is -2.73. The molecule has 0 bridgehead atoms. The Morgan fingerprint density at radius 1 is 1.00 bits per heavy atom. The lowest BCUT2D eigenvalue weighted by Gasteiger charge is -2.33. The van der Waals surface area contributed by atoms with Crippen LogP contribution >= 0.6 is 0 Å². The topological polar surface area (TPSA) is 49.9 Å². The number of amides is 2. The highest BCUT2D eigenvalue weighted by atomic mass is 19.1. The van der Waals surface area contributed by atoms with E-state index in [2.05, 4.69) is 0 Å². The monoisotopic (exact) mass is 382 g/mol. The highest BCUT2D eigenvalue weighted by molar-refractivity contribution is 5.97. The third kappa shape index (κ3) is 3.92. The molecule has 2 amide bonds. The predicted octanol–water partition coefficient (Wildman–Crippen LogP) is 3.56. The molecule has 0 aliphatic carbocycles. The van der Waals surface area contributed by atoms with Crippen LogP contribution in [-0.4, -0.2) is 43.0 Å². The predicted molar refractivity (Wildman–Crippen MR) is 104 cm³/mol. The first kappa shape index (κ1) is 18.6. The summed E-state index contributed by atoms with van der Waals surface area (Å²) < 4.78 is 18.9. The lowest BCUT2D eigenvalue weighted by molar-refractivity contribution is -0.119. The van der Waals surface area contributed by atoms with Gasteiger partial charge >= 0.3 is 0 Å². The van der Waals surface area contributed by atoms with Crippen molar-refractivity contribution in [3.8, 4) is 0 Å². The lowest BCUT2D eigenvalue weighted by atomic mass is 10.1. The zero-order valence-electron chi connectivity index (χ0n) is 15.6.